The van der Waals surface area contributed by atoms with Gasteiger partial charge >= 0.3 is 0 Å². The van der Waals surface area contributed by atoms with E-state index in [1.54, 1.807) is 4.68 Å². The monoisotopic (exact) mass is 334 g/mol. The molecule has 1 unspecified atom stereocenters. The molecule has 1 N–H and O–H groups in total. The Morgan fingerprint density at radius 1 is 1.26 bits per heavy atom. The van der Waals surface area contributed by atoms with Crippen LogP contribution in [0.25, 0.3) is 0 Å². The number of nitrogens with zero attached hydrogens (tertiary/aromatic N) is 3. The predicted molar refractivity (Wildman–Crippen MR) is 76.8 cm³/mol. The van der Waals surface area contributed by atoms with Gasteiger partial charge in [-0.1, -0.05) is 12.1 Å². The van der Waals surface area contributed by atoms with Gasteiger partial charge in [-0.15, -0.1) is 5.10 Å². The molecule has 19 heavy (non-hydrogen) atoms. The minimum atomic E-state index is -0.352. The number of ether oxygens (including phenoxy) is 2. The second-order valence-electron chi connectivity index (χ2n) is 4.10. The molecule has 0 saturated carbocycles. The first-order valence-corrected chi connectivity index (χ1v) is 7.46. The molecule has 1 aromatic heterocycles. The Hall–Kier alpha value is -0.500. The Kier molecular flexibility index (Phi) is 7.52. The molecule has 1 atom stereocenters. The number of aryl methyl sites for hydroxylation is 1. The minimum Gasteiger partial charge on any atom is -0.351 e. The zero-order valence-corrected chi connectivity index (χ0v) is 13.6. The Labute approximate surface area is 123 Å². The summed E-state index contributed by atoms with van der Waals surface area (Å²) < 4.78 is 13.9. The van der Waals surface area contributed by atoms with Crippen molar-refractivity contribution >= 4 is 15.9 Å². The van der Waals surface area contributed by atoms with Crippen molar-refractivity contribution in [3.05, 3.63) is 10.3 Å². The lowest BCUT2D eigenvalue weighted by Crippen LogP contribution is -2.37. The van der Waals surface area contributed by atoms with E-state index in [4.69, 9.17) is 9.47 Å². The summed E-state index contributed by atoms with van der Waals surface area (Å²) in [5, 5.41) is 11.5. The van der Waals surface area contributed by atoms with Gasteiger partial charge in [-0.2, -0.15) is 0 Å². The maximum Gasteiger partial charge on any atom is 0.178 e. The summed E-state index contributed by atoms with van der Waals surface area (Å²) in [6, 6.07) is -0.103. The van der Waals surface area contributed by atoms with Crippen LogP contribution < -0.4 is 5.32 Å². The first-order chi connectivity index (χ1) is 9.15. The molecule has 1 heterocycles. The van der Waals surface area contributed by atoms with E-state index in [9.17, 15) is 0 Å². The van der Waals surface area contributed by atoms with Crippen molar-refractivity contribution in [3.8, 4) is 0 Å². The number of nitrogens with one attached hydrogen (secondary N) is 1. The fourth-order valence-electron chi connectivity index (χ4n) is 1.86. The van der Waals surface area contributed by atoms with Crippen molar-refractivity contribution in [1.29, 1.82) is 0 Å². The molecule has 0 radical (unpaired) electrons. The van der Waals surface area contributed by atoms with Gasteiger partial charge < -0.3 is 14.8 Å². The maximum absolute atomic E-state index is 5.70. The van der Waals surface area contributed by atoms with E-state index in [0.717, 1.165) is 18.7 Å². The average Bonchev–Trinajstić information content (AvgIpc) is 2.71. The van der Waals surface area contributed by atoms with Gasteiger partial charge in [-0.3, -0.25) is 0 Å². The van der Waals surface area contributed by atoms with Crippen LogP contribution in [-0.4, -0.2) is 41.0 Å². The molecule has 0 aliphatic carbocycles. The van der Waals surface area contributed by atoms with E-state index in [0.29, 0.717) is 17.8 Å². The molecule has 0 aliphatic heterocycles. The van der Waals surface area contributed by atoms with Crippen LogP contribution >= 0.6 is 15.9 Å². The Morgan fingerprint density at radius 3 is 2.32 bits per heavy atom. The third-order valence-corrected chi connectivity index (χ3v) is 3.23. The van der Waals surface area contributed by atoms with Crippen LogP contribution in [-0.2, 0) is 16.5 Å². The van der Waals surface area contributed by atoms with E-state index >= 15 is 0 Å². The normalized spacial score (nSPS) is 13.2. The van der Waals surface area contributed by atoms with Crippen molar-refractivity contribution in [2.45, 2.75) is 39.5 Å². The first kappa shape index (κ1) is 16.6. The van der Waals surface area contributed by atoms with E-state index in [1.807, 2.05) is 20.9 Å². The van der Waals surface area contributed by atoms with E-state index in [-0.39, 0.29) is 12.3 Å². The van der Waals surface area contributed by atoms with Gasteiger partial charge in [0.25, 0.3) is 0 Å². The summed E-state index contributed by atoms with van der Waals surface area (Å²) >= 11 is 3.43. The number of hydrogen-bond acceptors (Lipinski definition) is 5. The highest BCUT2D eigenvalue weighted by molar-refractivity contribution is 9.10. The number of hydrogen-bond donors (Lipinski definition) is 1. The van der Waals surface area contributed by atoms with Crippen LogP contribution in [0.3, 0.4) is 0 Å². The zero-order valence-electron chi connectivity index (χ0n) is 12.0. The summed E-state index contributed by atoms with van der Waals surface area (Å²) in [5.74, 6) is 0. The minimum absolute atomic E-state index is 0.103. The maximum atomic E-state index is 5.70. The lowest BCUT2D eigenvalue weighted by molar-refractivity contribution is -0.156. The highest BCUT2D eigenvalue weighted by Crippen LogP contribution is 2.25. The smallest absolute Gasteiger partial charge is 0.178 e. The Bertz CT molecular complexity index is 347. The molecule has 1 aromatic rings. The fourth-order valence-corrected chi connectivity index (χ4v) is 2.43. The molecular weight excluding hydrogens is 312 g/mol. The zero-order chi connectivity index (χ0) is 14.3. The molecule has 0 saturated heterocycles. The van der Waals surface area contributed by atoms with Crippen LogP contribution in [0, 0.1) is 0 Å². The standard InChI is InChI=1S/C12H23BrN4O2/c1-5-8-14-9(12(18-6-2)19-7-3)10-11(13)15-16-17(10)4/h9,12,14H,5-8H2,1-4H3. The fraction of sp³-hybridized carbons (Fsp3) is 0.833. The van der Waals surface area contributed by atoms with Gasteiger partial charge in [-0.25, -0.2) is 4.68 Å². The summed E-state index contributed by atoms with van der Waals surface area (Å²) in [7, 11) is 1.86. The summed E-state index contributed by atoms with van der Waals surface area (Å²) in [6.45, 7) is 8.10. The summed E-state index contributed by atoms with van der Waals surface area (Å²) in [5.41, 5.74) is 0.931. The molecule has 0 fully saturated rings. The van der Waals surface area contributed by atoms with Crippen LogP contribution in [0.4, 0.5) is 0 Å². The highest BCUT2D eigenvalue weighted by Gasteiger charge is 2.29. The van der Waals surface area contributed by atoms with Crippen LogP contribution in [0.5, 0.6) is 0 Å². The lowest BCUT2D eigenvalue weighted by Gasteiger charge is -2.27. The quantitative estimate of drug-likeness (QED) is 0.700. The van der Waals surface area contributed by atoms with Crippen LogP contribution in [0.2, 0.25) is 0 Å². The molecule has 7 heteroatoms. The molecule has 110 valence electrons. The van der Waals surface area contributed by atoms with Crippen molar-refractivity contribution in [2.24, 2.45) is 7.05 Å². The lowest BCUT2D eigenvalue weighted by atomic mass is 10.2. The second kappa shape index (κ2) is 8.63. The van der Waals surface area contributed by atoms with Crippen molar-refractivity contribution < 1.29 is 9.47 Å². The SMILES string of the molecule is CCCNC(c1c(Br)nnn1C)C(OCC)OCC. The molecular formula is C12H23BrN4O2. The number of rotatable bonds is 9. The number of aromatic nitrogens is 3. The molecule has 0 amide bonds. The van der Waals surface area contributed by atoms with Crippen LogP contribution in [0.1, 0.15) is 38.9 Å². The molecule has 0 bridgehead atoms. The molecule has 0 aliphatic rings. The Morgan fingerprint density at radius 2 is 1.89 bits per heavy atom. The molecule has 1 rings (SSSR count). The van der Waals surface area contributed by atoms with Crippen molar-refractivity contribution in [2.75, 3.05) is 19.8 Å². The van der Waals surface area contributed by atoms with Crippen molar-refractivity contribution in [1.82, 2.24) is 20.3 Å². The summed E-state index contributed by atoms with van der Waals surface area (Å²) in [6.07, 6.45) is 0.680. The highest BCUT2D eigenvalue weighted by atomic mass is 79.9. The van der Waals surface area contributed by atoms with E-state index in [2.05, 4.69) is 38.5 Å². The predicted octanol–water partition coefficient (Wildman–Crippen LogP) is 2.02. The Balaban J connectivity index is 2.97. The van der Waals surface area contributed by atoms with Gasteiger partial charge in [0.15, 0.2) is 10.9 Å². The van der Waals surface area contributed by atoms with Gasteiger partial charge in [0.2, 0.25) is 0 Å². The van der Waals surface area contributed by atoms with Crippen LogP contribution in [0.15, 0.2) is 4.60 Å². The second-order valence-corrected chi connectivity index (χ2v) is 4.85. The average molecular weight is 335 g/mol. The van der Waals surface area contributed by atoms with Gasteiger partial charge in [-0.05, 0) is 42.7 Å². The summed E-state index contributed by atoms with van der Waals surface area (Å²) in [4.78, 5) is 0. The number of halogens is 1. The van der Waals surface area contributed by atoms with Crippen molar-refractivity contribution in [3.63, 3.8) is 0 Å². The van der Waals surface area contributed by atoms with Gasteiger partial charge in [0, 0.05) is 20.3 Å². The molecule has 0 aromatic carbocycles. The topological polar surface area (TPSA) is 61.2 Å². The molecule has 0 spiro atoms. The van der Waals surface area contributed by atoms with Gasteiger partial charge in [0.05, 0.1) is 5.69 Å². The first-order valence-electron chi connectivity index (χ1n) is 6.67. The third-order valence-electron chi connectivity index (χ3n) is 2.67. The largest absolute Gasteiger partial charge is 0.351 e. The third kappa shape index (κ3) is 4.52. The van der Waals surface area contributed by atoms with E-state index in [1.165, 1.54) is 0 Å². The van der Waals surface area contributed by atoms with Gasteiger partial charge in [0.1, 0.15) is 6.04 Å². The molecule has 6 nitrogen and oxygen atoms in total. The van der Waals surface area contributed by atoms with E-state index < -0.39 is 0 Å².